The number of aliphatic hydroxyl groups is 10. The highest BCUT2D eigenvalue weighted by atomic mass is 16.4. The lowest BCUT2D eigenvalue weighted by Crippen LogP contribution is -2.53. The maximum Gasteiger partial charge on any atom is 0.111 e. The topological polar surface area (TPSA) is 212 Å². The van der Waals surface area contributed by atoms with Gasteiger partial charge in [0.1, 0.15) is 42.8 Å². The van der Waals surface area contributed by atoms with Crippen LogP contribution in [-0.4, -0.2) is 157 Å². The van der Waals surface area contributed by atoms with E-state index in [4.69, 9.17) is 10.2 Å². The van der Waals surface area contributed by atoms with E-state index in [2.05, 4.69) is 35.8 Å². The number of aliphatic hydroxyl groups excluding tert-OH is 10. The molecule has 226 valence electrons. The Kier molecular flexibility index (Phi) is 13.8. The lowest BCUT2D eigenvalue weighted by Gasteiger charge is -2.35. The molecule has 0 fully saturated rings. The maximum absolute atomic E-state index is 10.6. The normalized spacial score (nSPS) is 20.4. The minimum absolute atomic E-state index is 0.0633. The third-order valence-electron chi connectivity index (χ3n) is 7.38. The molecule has 10 N–H and O–H groups in total. The summed E-state index contributed by atoms with van der Waals surface area (Å²) in [6.07, 6.45) is -12.5. The fraction of sp³-hybridized carbons (Fsp3) is 0.769. The molecular weight excluding hydrogens is 514 g/mol. The van der Waals surface area contributed by atoms with Gasteiger partial charge in [0.25, 0.3) is 0 Å². The molecule has 13 heteroatoms. The van der Waals surface area contributed by atoms with Gasteiger partial charge in [-0.1, -0.05) is 12.1 Å². The molecule has 1 aliphatic rings. The molecule has 39 heavy (non-hydrogen) atoms. The zero-order valence-corrected chi connectivity index (χ0v) is 22.7. The van der Waals surface area contributed by atoms with Crippen molar-refractivity contribution in [1.29, 1.82) is 0 Å². The van der Waals surface area contributed by atoms with Gasteiger partial charge in [-0.15, -0.1) is 0 Å². The van der Waals surface area contributed by atoms with Gasteiger partial charge >= 0.3 is 0 Å². The van der Waals surface area contributed by atoms with Gasteiger partial charge in [-0.3, -0.25) is 4.90 Å². The molecule has 0 spiro atoms. The van der Waals surface area contributed by atoms with Crippen LogP contribution in [0.4, 0.5) is 11.4 Å². The summed E-state index contributed by atoms with van der Waals surface area (Å²) in [4.78, 5) is 6.12. The molecule has 0 unspecified atom stereocenters. The molecule has 1 aromatic carbocycles. The van der Waals surface area contributed by atoms with Gasteiger partial charge in [-0.05, 0) is 45.4 Å². The Balaban J connectivity index is 2.13. The van der Waals surface area contributed by atoms with E-state index in [1.165, 1.54) is 4.90 Å². The lowest BCUT2D eigenvalue weighted by molar-refractivity contribution is -0.130. The second-order valence-electron chi connectivity index (χ2n) is 10.0. The van der Waals surface area contributed by atoms with Gasteiger partial charge < -0.3 is 60.9 Å². The number of para-hydroxylation sites is 2. The molecule has 0 bridgehead atoms. The van der Waals surface area contributed by atoms with Gasteiger partial charge in [0.05, 0.1) is 36.8 Å². The number of hydrogen-bond acceptors (Lipinski definition) is 13. The predicted octanol–water partition coefficient (Wildman–Crippen LogP) is -3.37. The maximum atomic E-state index is 10.6. The van der Waals surface area contributed by atoms with E-state index < -0.39 is 62.0 Å². The summed E-state index contributed by atoms with van der Waals surface area (Å²) in [5.74, 6) is 0. The second kappa shape index (κ2) is 16.0. The van der Waals surface area contributed by atoms with Crippen LogP contribution >= 0.6 is 0 Å². The summed E-state index contributed by atoms with van der Waals surface area (Å²) in [5.41, 5.74) is 2.27. The largest absolute Gasteiger partial charge is 0.394 e. The third-order valence-corrected chi connectivity index (χ3v) is 7.38. The Labute approximate surface area is 229 Å². The Morgan fingerprint density at radius 3 is 1.41 bits per heavy atom. The van der Waals surface area contributed by atoms with Crippen molar-refractivity contribution < 1.29 is 51.1 Å². The first kappa shape index (κ1) is 33.6. The molecular formula is C26H47N3O10. The van der Waals surface area contributed by atoms with E-state index in [-0.39, 0.29) is 25.8 Å². The average molecular weight is 562 g/mol. The van der Waals surface area contributed by atoms with Crippen LogP contribution in [0.2, 0.25) is 0 Å². The van der Waals surface area contributed by atoms with Crippen molar-refractivity contribution in [3.8, 4) is 0 Å². The van der Waals surface area contributed by atoms with Gasteiger partial charge in [0.2, 0.25) is 0 Å². The van der Waals surface area contributed by atoms with Crippen LogP contribution in [0.25, 0.3) is 0 Å². The van der Waals surface area contributed by atoms with Gasteiger partial charge in [0, 0.05) is 26.2 Å². The molecule has 0 saturated heterocycles. The average Bonchev–Trinajstić information content (AvgIpc) is 3.26. The van der Waals surface area contributed by atoms with E-state index >= 15 is 0 Å². The van der Waals surface area contributed by atoms with E-state index in [0.29, 0.717) is 12.8 Å². The van der Waals surface area contributed by atoms with Crippen LogP contribution in [0.3, 0.4) is 0 Å². The molecule has 0 radical (unpaired) electrons. The zero-order valence-electron chi connectivity index (χ0n) is 22.7. The number of benzene rings is 1. The third kappa shape index (κ3) is 8.44. The molecule has 1 aromatic rings. The first-order chi connectivity index (χ1) is 18.5. The van der Waals surface area contributed by atoms with Gasteiger partial charge in [0.15, 0.2) is 0 Å². The van der Waals surface area contributed by atoms with Crippen LogP contribution in [0.15, 0.2) is 24.3 Å². The molecule has 0 amide bonds. The molecule has 1 heterocycles. The Morgan fingerprint density at radius 1 is 0.667 bits per heavy atom. The highest BCUT2D eigenvalue weighted by Crippen LogP contribution is 2.40. The zero-order chi connectivity index (χ0) is 29.3. The van der Waals surface area contributed by atoms with Gasteiger partial charge in [-0.25, -0.2) is 0 Å². The first-order valence-corrected chi connectivity index (χ1v) is 13.5. The van der Waals surface area contributed by atoms with Crippen molar-refractivity contribution >= 4 is 11.4 Å². The highest BCUT2D eigenvalue weighted by molar-refractivity contribution is 5.77. The minimum Gasteiger partial charge on any atom is -0.394 e. The molecule has 0 aromatic heterocycles. The smallest absolute Gasteiger partial charge is 0.111 e. The number of hydrogen-bond donors (Lipinski definition) is 10. The SMILES string of the molecule is CCN1c2ccccc2N(CC)C1CCCN(C[C@H](O)[C@@H](O)[C@H](O)[C@H](O)CO)C[C@H](O)[C@@H](O)[C@H](O)[C@H](O)CO. The monoisotopic (exact) mass is 561 g/mol. The Bertz CT molecular complexity index is 778. The van der Waals surface area contributed by atoms with Crippen molar-refractivity contribution in [2.45, 2.75) is 81.7 Å². The molecule has 2 rings (SSSR count). The van der Waals surface area contributed by atoms with Crippen LogP contribution < -0.4 is 9.80 Å². The van der Waals surface area contributed by atoms with Crippen LogP contribution in [0, 0.1) is 0 Å². The summed E-state index contributed by atoms with van der Waals surface area (Å²) in [6, 6.07) is 8.12. The number of nitrogens with zero attached hydrogens (tertiary/aromatic N) is 3. The summed E-state index contributed by atoms with van der Waals surface area (Å²) >= 11 is 0. The van der Waals surface area contributed by atoms with E-state index in [0.717, 1.165) is 24.5 Å². The molecule has 0 aliphatic carbocycles. The predicted molar refractivity (Wildman–Crippen MR) is 144 cm³/mol. The minimum atomic E-state index is -1.82. The van der Waals surface area contributed by atoms with Crippen molar-refractivity contribution in [3.63, 3.8) is 0 Å². The summed E-state index contributed by atoms with van der Waals surface area (Å²) in [5, 5.41) is 99.0. The van der Waals surface area contributed by atoms with E-state index in [9.17, 15) is 40.9 Å². The van der Waals surface area contributed by atoms with Crippen LogP contribution in [0.1, 0.15) is 26.7 Å². The Hall–Kier alpha value is -1.62. The van der Waals surface area contributed by atoms with Gasteiger partial charge in [-0.2, -0.15) is 0 Å². The van der Waals surface area contributed by atoms with Crippen molar-refractivity contribution in [3.05, 3.63) is 24.3 Å². The lowest BCUT2D eigenvalue weighted by atomic mass is 10.0. The summed E-state index contributed by atoms with van der Waals surface area (Å²) in [6.45, 7) is 3.80. The van der Waals surface area contributed by atoms with Crippen molar-refractivity contribution in [2.75, 3.05) is 55.7 Å². The number of anilines is 2. The van der Waals surface area contributed by atoms with Crippen LogP contribution in [0.5, 0.6) is 0 Å². The fourth-order valence-electron chi connectivity index (χ4n) is 5.14. The molecule has 8 atom stereocenters. The van der Waals surface area contributed by atoms with Crippen LogP contribution in [-0.2, 0) is 0 Å². The standard InChI is InChI=1S/C26H47N3O10/c1-3-28-16-8-5-6-9-17(16)29(4-2)22(28)10-7-11-27(12-18(32)23(36)25(38)20(34)14-30)13-19(33)24(37)26(39)21(35)15-31/h5-6,8-9,18-26,30-39H,3-4,7,10-15H2,1-2H3/t18-,19-,20+,21+,23+,24+,25+,26+/m0/s1. The number of fused-ring (bicyclic) bond motifs is 1. The second-order valence-corrected chi connectivity index (χ2v) is 10.0. The van der Waals surface area contributed by atoms with E-state index in [1.807, 2.05) is 12.1 Å². The van der Waals surface area contributed by atoms with Crippen molar-refractivity contribution in [2.24, 2.45) is 0 Å². The first-order valence-electron chi connectivity index (χ1n) is 13.5. The molecule has 0 saturated carbocycles. The summed E-state index contributed by atoms with van der Waals surface area (Å²) < 4.78 is 0. The molecule has 13 nitrogen and oxygen atoms in total. The van der Waals surface area contributed by atoms with E-state index in [1.54, 1.807) is 0 Å². The fourth-order valence-corrected chi connectivity index (χ4v) is 5.14. The summed E-state index contributed by atoms with van der Waals surface area (Å²) in [7, 11) is 0. The number of rotatable bonds is 18. The quantitative estimate of drug-likeness (QED) is 0.0849. The highest BCUT2D eigenvalue weighted by Gasteiger charge is 2.36. The Morgan fingerprint density at radius 2 is 1.05 bits per heavy atom. The molecule has 1 aliphatic heterocycles. The van der Waals surface area contributed by atoms with Crippen molar-refractivity contribution in [1.82, 2.24) is 4.90 Å².